The number of phenolic OH excluding ortho intramolecular Hbond substituents is 2. The molecule has 138 valence electrons. The van der Waals surface area contributed by atoms with Gasteiger partial charge in [-0.2, -0.15) is 0 Å². The van der Waals surface area contributed by atoms with Crippen LogP contribution >= 0.6 is 0 Å². The maximum absolute atomic E-state index is 10.1. The number of rotatable bonds is 9. The highest BCUT2D eigenvalue weighted by Gasteiger charge is 2.23. The minimum absolute atomic E-state index is 0.328. The fraction of sp³-hybridized carbons (Fsp3) is 0.333. The van der Waals surface area contributed by atoms with Crippen LogP contribution in [0.3, 0.4) is 0 Å². The van der Waals surface area contributed by atoms with Crippen LogP contribution < -0.4 is 0 Å². The smallest absolute Gasteiger partial charge is 0.119 e. The van der Waals surface area contributed by atoms with Gasteiger partial charge in [-0.1, -0.05) is 50.3 Å². The van der Waals surface area contributed by atoms with Crippen LogP contribution in [0.1, 0.15) is 60.8 Å². The second-order valence-electron chi connectivity index (χ2n) is 6.79. The Morgan fingerprint density at radius 1 is 0.769 bits per heavy atom. The summed E-state index contributed by atoms with van der Waals surface area (Å²) < 4.78 is 0. The summed E-state index contributed by atoms with van der Waals surface area (Å²) >= 11 is 0. The summed E-state index contributed by atoms with van der Waals surface area (Å²) in [5.41, 5.74) is 4.33. The van der Waals surface area contributed by atoms with E-state index in [1.807, 2.05) is 24.3 Å². The quantitative estimate of drug-likeness (QED) is 0.525. The number of allylic oxidation sites excluding steroid dienone is 2. The number of hydrogen-bond donors (Lipinski definition) is 2. The molecule has 0 aliphatic carbocycles. The molecular formula is C24H30O2. The highest BCUT2D eigenvalue weighted by Crippen LogP contribution is 2.40. The predicted molar refractivity (Wildman–Crippen MR) is 110 cm³/mol. The Morgan fingerprint density at radius 3 is 1.46 bits per heavy atom. The van der Waals surface area contributed by atoms with Gasteiger partial charge < -0.3 is 10.2 Å². The van der Waals surface area contributed by atoms with Crippen LogP contribution in [0.4, 0.5) is 0 Å². The minimum Gasteiger partial charge on any atom is -0.508 e. The van der Waals surface area contributed by atoms with Crippen molar-refractivity contribution < 1.29 is 10.2 Å². The van der Waals surface area contributed by atoms with E-state index in [2.05, 4.69) is 39.1 Å². The van der Waals surface area contributed by atoms with Crippen molar-refractivity contribution in [1.82, 2.24) is 0 Å². The third kappa shape index (κ3) is 4.37. The zero-order valence-electron chi connectivity index (χ0n) is 15.9. The zero-order valence-corrected chi connectivity index (χ0v) is 15.9. The van der Waals surface area contributed by atoms with Crippen LogP contribution in [-0.2, 0) is 12.8 Å². The number of aromatic hydroxyl groups is 2. The summed E-state index contributed by atoms with van der Waals surface area (Å²) in [4.78, 5) is 0. The second kappa shape index (κ2) is 9.28. The molecule has 0 aromatic heterocycles. The first kappa shape index (κ1) is 19.8. The SMILES string of the molecule is C=CCc1cc([C@@H](CC)[C@H](CC)c2ccc(O)c(CC=C)c2)ccc1O. The van der Waals surface area contributed by atoms with Gasteiger partial charge in [-0.3, -0.25) is 0 Å². The van der Waals surface area contributed by atoms with E-state index in [0.29, 0.717) is 36.2 Å². The van der Waals surface area contributed by atoms with Crippen LogP contribution in [0.5, 0.6) is 11.5 Å². The normalized spacial score (nSPS) is 13.2. The maximum atomic E-state index is 10.1. The molecule has 26 heavy (non-hydrogen) atoms. The molecular weight excluding hydrogens is 320 g/mol. The summed E-state index contributed by atoms with van der Waals surface area (Å²) in [6, 6.07) is 11.9. The molecule has 0 fully saturated rings. The largest absolute Gasteiger partial charge is 0.508 e. The Labute approximate surface area is 157 Å². The number of hydrogen-bond acceptors (Lipinski definition) is 2. The molecule has 0 radical (unpaired) electrons. The average molecular weight is 351 g/mol. The molecule has 2 aromatic rings. The first-order valence-electron chi connectivity index (χ1n) is 9.40. The first-order chi connectivity index (χ1) is 12.5. The Bertz CT molecular complexity index is 695. The zero-order chi connectivity index (χ0) is 19.1. The lowest BCUT2D eigenvalue weighted by molar-refractivity contribution is 0.464. The van der Waals surface area contributed by atoms with Crippen molar-refractivity contribution in [2.75, 3.05) is 0 Å². The summed E-state index contributed by atoms with van der Waals surface area (Å²) in [5.74, 6) is 1.36. The van der Waals surface area contributed by atoms with Gasteiger partial charge in [-0.05, 0) is 71.9 Å². The van der Waals surface area contributed by atoms with Gasteiger partial charge in [0.05, 0.1) is 0 Å². The predicted octanol–water partition coefficient (Wildman–Crippen LogP) is 6.24. The fourth-order valence-corrected chi connectivity index (χ4v) is 3.82. The van der Waals surface area contributed by atoms with E-state index in [-0.39, 0.29) is 0 Å². The Hall–Kier alpha value is -2.48. The number of phenols is 2. The highest BCUT2D eigenvalue weighted by atomic mass is 16.3. The van der Waals surface area contributed by atoms with E-state index >= 15 is 0 Å². The second-order valence-corrected chi connectivity index (χ2v) is 6.79. The van der Waals surface area contributed by atoms with Crippen LogP contribution in [0.2, 0.25) is 0 Å². The van der Waals surface area contributed by atoms with Gasteiger partial charge in [0.25, 0.3) is 0 Å². The monoisotopic (exact) mass is 350 g/mol. The summed E-state index contributed by atoms with van der Waals surface area (Å²) in [5, 5.41) is 20.1. The molecule has 2 nitrogen and oxygen atoms in total. The summed E-state index contributed by atoms with van der Waals surface area (Å²) in [6.45, 7) is 12.0. The fourth-order valence-electron chi connectivity index (χ4n) is 3.82. The van der Waals surface area contributed by atoms with E-state index in [1.165, 1.54) is 11.1 Å². The molecule has 0 saturated carbocycles. The summed E-state index contributed by atoms with van der Waals surface area (Å²) in [6.07, 6.45) is 6.98. The molecule has 0 saturated heterocycles. The molecule has 2 rings (SSSR count). The van der Waals surface area contributed by atoms with Crippen LogP contribution in [0.25, 0.3) is 0 Å². The van der Waals surface area contributed by atoms with Gasteiger partial charge in [0.1, 0.15) is 11.5 Å². The molecule has 2 N–H and O–H groups in total. The lowest BCUT2D eigenvalue weighted by atomic mass is 9.77. The molecule has 2 atom stereocenters. The van der Waals surface area contributed by atoms with Crippen molar-refractivity contribution in [2.24, 2.45) is 0 Å². The standard InChI is InChI=1S/C24H30O2/c1-5-9-19-15-17(11-13-23(19)25)21(7-3)22(8-4)18-12-14-24(26)20(16-18)10-6-2/h5-6,11-16,21-22,25-26H,1-2,7-10H2,3-4H3/t21-,22-/m1/s1. The average Bonchev–Trinajstić information content (AvgIpc) is 2.64. The van der Waals surface area contributed by atoms with E-state index < -0.39 is 0 Å². The van der Waals surface area contributed by atoms with Crippen molar-refractivity contribution in [3.63, 3.8) is 0 Å². The lowest BCUT2D eigenvalue weighted by Crippen LogP contribution is -2.11. The third-order valence-corrected chi connectivity index (χ3v) is 5.16. The Morgan fingerprint density at radius 2 is 1.15 bits per heavy atom. The minimum atomic E-state index is 0.328. The summed E-state index contributed by atoms with van der Waals surface area (Å²) in [7, 11) is 0. The van der Waals surface area contributed by atoms with Gasteiger partial charge in [-0.15, -0.1) is 13.2 Å². The van der Waals surface area contributed by atoms with Crippen LogP contribution in [0, 0.1) is 0 Å². The van der Waals surface area contributed by atoms with Crippen molar-refractivity contribution >= 4 is 0 Å². The maximum Gasteiger partial charge on any atom is 0.119 e. The first-order valence-corrected chi connectivity index (χ1v) is 9.40. The van der Waals surface area contributed by atoms with Crippen LogP contribution in [-0.4, -0.2) is 10.2 Å². The molecule has 0 amide bonds. The van der Waals surface area contributed by atoms with Gasteiger partial charge in [0.15, 0.2) is 0 Å². The molecule has 2 heteroatoms. The van der Waals surface area contributed by atoms with Crippen molar-refractivity contribution in [3.05, 3.63) is 84.0 Å². The lowest BCUT2D eigenvalue weighted by Gasteiger charge is -2.27. The molecule has 0 heterocycles. The van der Waals surface area contributed by atoms with E-state index in [4.69, 9.17) is 0 Å². The Kier molecular flexibility index (Phi) is 7.08. The van der Waals surface area contributed by atoms with E-state index in [1.54, 1.807) is 12.1 Å². The highest BCUT2D eigenvalue weighted by molar-refractivity contribution is 5.42. The molecule has 0 aliphatic rings. The van der Waals surface area contributed by atoms with Gasteiger partial charge >= 0.3 is 0 Å². The third-order valence-electron chi connectivity index (χ3n) is 5.16. The van der Waals surface area contributed by atoms with Gasteiger partial charge in [-0.25, -0.2) is 0 Å². The molecule has 0 spiro atoms. The van der Waals surface area contributed by atoms with E-state index in [0.717, 1.165) is 24.0 Å². The van der Waals surface area contributed by atoms with Crippen molar-refractivity contribution in [1.29, 1.82) is 0 Å². The van der Waals surface area contributed by atoms with E-state index in [9.17, 15) is 10.2 Å². The van der Waals surface area contributed by atoms with Gasteiger partial charge in [0.2, 0.25) is 0 Å². The molecule has 0 aliphatic heterocycles. The van der Waals surface area contributed by atoms with Crippen LogP contribution in [0.15, 0.2) is 61.7 Å². The molecule has 2 aromatic carbocycles. The number of benzene rings is 2. The Balaban J connectivity index is 2.43. The topological polar surface area (TPSA) is 40.5 Å². The van der Waals surface area contributed by atoms with Crippen molar-refractivity contribution in [2.45, 2.75) is 51.4 Å². The van der Waals surface area contributed by atoms with Gasteiger partial charge in [0, 0.05) is 0 Å². The molecule has 0 bridgehead atoms. The van der Waals surface area contributed by atoms with Crippen molar-refractivity contribution in [3.8, 4) is 11.5 Å². The molecule has 0 unspecified atom stereocenters.